The summed E-state index contributed by atoms with van der Waals surface area (Å²) in [5.74, 6) is 0.479. The molecule has 1 atom stereocenters. The Morgan fingerprint density at radius 3 is 2.91 bits per heavy atom. The van der Waals surface area contributed by atoms with Crippen molar-refractivity contribution >= 4 is 5.97 Å². The Kier molecular flexibility index (Phi) is 3.84. The molecule has 0 radical (unpaired) electrons. The van der Waals surface area contributed by atoms with Gasteiger partial charge in [0, 0.05) is 24.8 Å². The predicted molar refractivity (Wildman–Crippen MR) is 80.8 cm³/mol. The van der Waals surface area contributed by atoms with Gasteiger partial charge in [0.15, 0.2) is 11.6 Å². The number of hydrogen-bond donors (Lipinski definition) is 0. The van der Waals surface area contributed by atoms with Crippen molar-refractivity contribution in [3.05, 3.63) is 58.9 Å². The van der Waals surface area contributed by atoms with Crippen molar-refractivity contribution in [3.63, 3.8) is 0 Å². The lowest BCUT2D eigenvalue weighted by molar-refractivity contribution is -0.141. The van der Waals surface area contributed by atoms with Gasteiger partial charge in [-0.3, -0.25) is 4.79 Å². The predicted octanol–water partition coefficient (Wildman–Crippen LogP) is 4.19. The lowest BCUT2D eigenvalue weighted by atomic mass is 9.94. The number of hydrogen-bond acceptors (Lipinski definition) is 3. The molecule has 0 fully saturated rings. The van der Waals surface area contributed by atoms with Crippen LogP contribution in [0.15, 0.2) is 36.4 Å². The van der Waals surface area contributed by atoms with E-state index in [0.29, 0.717) is 24.5 Å². The minimum absolute atomic E-state index is 0.100. The maximum absolute atomic E-state index is 13.8. The number of para-hydroxylation sites is 1. The van der Waals surface area contributed by atoms with Gasteiger partial charge in [0.05, 0.1) is 6.61 Å². The van der Waals surface area contributed by atoms with E-state index in [2.05, 4.69) is 0 Å². The van der Waals surface area contributed by atoms with E-state index in [1.807, 2.05) is 31.2 Å². The molecule has 0 bridgehead atoms. The van der Waals surface area contributed by atoms with Crippen LogP contribution in [0, 0.1) is 5.82 Å². The average Bonchev–Trinajstić information content (AvgIpc) is 2.50. The van der Waals surface area contributed by atoms with E-state index in [1.165, 1.54) is 13.0 Å². The molecule has 1 aliphatic rings. The number of ether oxygens (including phenoxy) is 2. The monoisotopic (exact) mass is 300 g/mol. The van der Waals surface area contributed by atoms with Crippen LogP contribution in [0.5, 0.6) is 11.5 Å². The molecular weight excluding hydrogens is 283 g/mol. The van der Waals surface area contributed by atoms with Crippen LogP contribution in [-0.4, -0.2) is 12.6 Å². The molecule has 0 spiro atoms. The van der Waals surface area contributed by atoms with E-state index in [0.717, 1.165) is 16.7 Å². The second kappa shape index (κ2) is 5.79. The van der Waals surface area contributed by atoms with Crippen LogP contribution >= 0.6 is 0 Å². The highest BCUT2D eigenvalue weighted by Crippen LogP contribution is 2.39. The zero-order valence-electron chi connectivity index (χ0n) is 12.6. The fourth-order valence-electron chi connectivity index (χ4n) is 2.60. The molecule has 2 aromatic carbocycles. The summed E-state index contributed by atoms with van der Waals surface area (Å²) < 4.78 is 24.5. The topological polar surface area (TPSA) is 35.5 Å². The molecule has 0 aliphatic carbocycles. The van der Waals surface area contributed by atoms with E-state index in [-0.39, 0.29) is 17.7 Å². The second-order valence-electron chi connectivity index (χ2n) is 5.58. The van der Waals surface area contributed by atoms with Crippen molar-refractivity contribution in [1.82, 2.24) is 0 Å². The quantitative estimate of drug-likeness (QED) is 0.680. The van der Waals surface area contributed by atoms with E-state index < -0.39 is 0 Å². The van der Waals surface area contributed by atoms with E-state index in [1.54, 1.807) is 6.07 Å². The minimum atomic E-state index is -0.338. The number of carbonyl (C=O) groups is 1. The first-order valence-corrected chi connectivity index (χ1v) is 7.26. The lowest BCUT2D eigenvalue weighted by Gasteiger charge is -2.22. The highest BCUT2D eigenvalue weighted by Gasteiger charge is 2.21. The van der Waals surface area contributed by atoms with Crippen molar-refractivity contribution in [2.24, 2.45) is 0 Å². The molecule has 1 unspecified atom stereocenters. The first-order valence-electron chi connectivity index (χ1n) is 7.26. The number of rotatable bonds is 3. The smallest absolute Gasteiger partial charge is 0.302 e. The molecule has 22 heavy (non-hydrogen) atoms. The minimum Gasteiger partial charge on any atom is -0.465 e. The van der Waals surface area contributed by atoms with Crippen molar-refractivity contribution in [2.75, 3.05) is 6.61 Å². The van der Waals surface area contributed by atoms with Gasteiger partial charge in [-0.2, -0.15) is 0 Å². The van der Waals surface area contributed by atoms with Gasteiger partial charge < -0.3 is 9.47 Å². The number of benzene rings is 2. The van der Waals surface area contributed by atoms with Crippen molar-refractivity contribution in [2.45, 2.75) is 26.2 Å². The molecule has 0 amide bonds. The molecule has 0 saturated heterocycles. The first-order chi connectivity index (χ1) is 10.5. The summed E-state index contributed by atoms with van der Waals surface area (Å²) in [4.78, 5) is 10.9. The van der Waals surface area contributed by atoms with Gasteiger partial charge in [-0.1, -0.05) is 31.2 Å². The third-order valence-electron chi connectivity index (χ3n) is 3.83. The lowest BCUT2D eigenvalue weighted by Crippen LogP contribution is -2.10. The molecule has 3 nitrogen and oxygen atoms in total. The summed E-state index contributed by atoms with van der Waals surface area (Å²) in [6, 6.07) is 10.8. The standard InChI is InChI=1S/C18H17FO3/c1-11(10-21-12(2)20)13-6-7-17-15(8-13)9-14-4-3-5-16(19)18(14)22-17/h3-8,11H,9-10H2,1-2H3. The Labute approximate surface area is 128 Å². The van der Waals surface area contributed by atoms with Crippen LogP contribution < -0.4 is 4.74 Å². The largest absolute Gasteiger partial charge is 0.465 e. The van der Waals surface area contributed by atoms with Crippen LogP contribution in [0.2, 0.25) is 0 Å². The van der Waals surface area contributed by atoms with Gasteiger partial charge in [0.25, 0.3) is 0 Å². The summed E-state index contributed by atoms with van der Waals surface area (Å²) in [5.41, 5.74) is 2.94. The Bertz CT molecular complexity index is 724. The van der Waals surface area contributed by atoms with Crippen LogP contribution in [0.3, 0.4) is 0 Å². The van der Waals surface area contributed by atoms with Gasteiger partial charge >= 0.3 is 5.97 Å². The maximum Gasteiger partial charge on any atom is 0.302 e. The van der Waals surface area contributed by atoms with Crippen LogP contribution in [0.1, 0.15) is 36.5 Å². The zero-order chi connectivity index (χ0) is 15.7. The molecule has 0 aromatic heterocycles. The molecule has 114 valence electrons. The Balaban J connectivity index is 1.84. The molecule has 4 heteroatoms. The van der Waals surface area contributed by atoms with Gasteiger partial charge in [0.2, 0.25) is 0 Å². The van der Waals surface area contributed by atoms with Gasteiger partial charge in [-0.25, -0.2) is 4.39 Å². The molecule has 2 aromatic rings. The third kappa shape index (κ3) is 2.82. The molecular formula is C18H17FO3. The molecule has 3 rings (SSSR count). The summed E-state index contributed by atoms with van der Waals surface area (Å²) in [6.45, 7) is 3.75. The highest BCUT2D eigenvalue weighted by molar-refractivity contribution is 5.66. The summed E-state index contributed by atoms with van der Waals surface area (Å²) in [5, 5.41) is 0. The van der Waals surface area contributed by atoms with Crippen molar-refractivity contribution in [1.29, 1.82) is 0 Å². The summed E-state index contributed by atoms with van der Waals surface area (Å²) in [6.07, 6.45) is 0.635. The van der Waals surface area contributed by atoms with Crippen molar-refractivity contribution in [3.8, 4) is 11.5 Å². The van der Waals surface area contributed by atoms with E-state index in [9.17, 15) is 9.18 Å². The van der Waals surface area contributed by atoms with Gasteiger partial charge in [0.1, 0.15) is 5.75 Å². The molecule has 0 N–H and O–H groups in total. The summed E-state index contributed by atoms with van der Waals surface area (Å²) >= 11 is 0. The highest BCUT2D eigenvalue weighted by atomic mass is 19.1. The Morgan fingerprint density at radius 2 is 2.14 bits per heavy atom. The number of carbonyl (C=O) groups excluding carboxylic acids is 1. The molecule has 0 saturated carbocycles. The van der Waals surface area contributed by atoms with E-state index >= 15 is 0 Å². The number of esters is 1. The van der Waals surface area contributed by atoms with Gasteiger partial charge in [-0.05, 0) is 23.3 Å². The molecule has 1 aliphatic heterocycles. The van der Waals surface area contributed by atoms with Crippen LogP contribution in [0.4, 0.5) is 4.39 Å². The Hall–Kier alpha value is -2.36. The summed E-state index contributed by atoms with van der Waals surface area (Å²) in [7, 11) is 0. The third-order valence-corrected chi connectivity index (χ3v) is 3.83. The maximum atomic E-state index is 13.8. The SMILES string of the molecule is CC(=O)OCC(C)c1ccc2c(c1)Cc1cccc(F)c1O2. The normalized spacial score (nSPS) is 13.6. The first kappa shape index (κ1) is 14.6. The second-order valence-corrected chi connectivity index (χ2v) is 5.58. The Morgan fingerprint density at radius 1 is 1.32 bits per heavy atom. The fourth-order valence-corrected chi connectivity index (χ4v) is 2.60. The average molecular weight is 300 g/mol. The van der Waals surface area contributed by atoms with E-state index in [4.69, 9.17) is 9.47 Å². The zero-order valence-corrected chi connectivity index (χ0v) is 12.6. The fraction of sp³-hybridized carbons (Fsp3) is 0.278. The molecule has 1 heterocycles. The van der Waals surface area contributed by atoms with Crippen LogP contribution in [0.25, 0.3) is 0 Å². The van der Waals surface area contributed by atoms with Gasteiger partial charge in [-0.15, -0.1) is 0 Å². The number of halogens is 1. The van der Waals surface area contributed by atoms with Crippen molar-refractivity contribution < 1.29 is 18.7 Å². The number of fused-ring (bicyclic) bond motifs is 2. The van der Waals surface area contributed by atoms with Crippen LogP contribution in [-0.2, 0) is 16.0 Å².